The summed E-state index contributed by atoms with van der Waals surface area (Å²) in [5, 5.41) is 11.0. The monoisotopic (exact) mass is 582 g/mol. The molecule has 1 aromatic carbocycles. The first kappa shape index (κ1) is 31.5. The third-order valence-corrected chi connectivity index (χ3v) is 9.57. The molecule has 0 heterocycles. The lowest BCUT2D eigenvalue weighted by molar-refractivity contribution is -0.203. The molecule has 1 N–H and O–H groups in total. The van der Waals surface area contributed by atoms with E-state index < -0.39 is 77.1 Å². The molecule has 4 rings (SSSR count). The van der Waals surface area contributed by atoms with E-state index in [-0.39, 0.29) is 0 Å². The molecule has 3 aliphatic carbocycles. The van der Waals surface area contributed by atoms with Gasteiger partial charge in [0.15, 0.2) is 6.10 Å². The highest BCUT2D eigenvalue weighted by Crippen LogP contribution is 2.61. The first-order chi connectivity index (χ1) is 19.6. The second kappa shape index (κ2) is 11.7. The number of hydrogen-bond acceptors (Lipinski definition) is 9. The van der Waals surface area contributed by atoms with Crippen LogP contribution in [0.1, 0.15) is 78.1 Å². The van der Waals surface area contributed by atoms with Gasteiger partial charge in [0.05, 0.1) is 11.7 Å². The maximum absolute atomic E-state index is 13.3. The van der Waals surface area contributed by atoms with Crippen LogP contribution in [0.4, 0.5) is 0 Å². The summed E-state index contributed by atoms with van der Waals surface area (Å²) in [5.74, 6) is -3.30. The van der Waals surface area contributed by atoms with E-state index in [0.717, 1.165) is 0 Å². The normalized spacial score (nSPS) is 33.8. The second-order valence-corrected chi connectivity index (χ2v) is 12.7. The van der Waals surface area contributed by atoms with Gasteiger partial charge in [-0.2, -0.15) is 0 Å². The van der Waals surface area contributed by atoms with Crippen molar-refractivity contribution in [2.45, 2.75) is 98.2 Å². The zero-order valence-corrected chi connectivity index (χ0v) is 25.5. The summed E-state index contributed by atoms with van der Waals surface area (Å²) in [7, 11) is 0. The number of hydrogen-bond donors (Lipinski definition) is 1. The molecular weight excluding hydrogens is 540 g/mol. The van der Waals surface area contributed by atoms with Gasteiger partial charge in [0.2, 0.25) is 0 Å². The highest BCUT2D eigenvalue weighted by molar-refractivity contribution is 5.89. The summed E-state index contributed by atoms with van der Waals surface area (Å²) in [6.45, 7) is 15.8. The van der Waals surface area contributed by atoms with Crippen molar-refractivity contribution >= 4 is 23.9 Å². The average Bonchev–Trinajstić information content (AvgIpc) is 2.89. The van der Waals surface area contributed by atoms with Crippen LogP contribution in [0, 0.1) is 22.7 Å². The molecule has 0 saturated heterocycles. The van der Waals surface area contributed by atoms with Crippen molar-refractivity contribution in [1.82, 2.24) is 0 Å². The number of carbonyl (C=O) groups excluding carboxylic acids is 4. The van der Waals surface area contributed by atoms with Crippen LogP contribution >= 0.6 is 0 Å². The lowest BCUT2D eigenvalue weighted by Crippen LogP contribution is -2.64. The van der Waals surface area contributed by atoms with Crippen molar-refractivity contribution < 1.29 is 43.2 Å². The van der Waals surface area contributed by atoms with E-state index >= 15 is 0 Å². The van der Waals surface area contributed by atoms with E-state index in [1.807, 2.05) is 27.7 Å². The Kier molecular flexibility index (Phi) is 8.74. The van der Waals surface area contributed by atoms with Crippen LogP contribution in [0.2, 0.25) is 0 Å². The van der Waals surface area contributed by atoms with Gasteiger partial charge in [-0.05, 0) is 60.5 Å². The molecular formula is C33H42O9. The maximum Gasteiger partial charge on any atom is 0.338 e. The highest BCUT2D eigenvalue weighted by Gasteiger charge is 2.64. The number of fused-ring (bicyclic) bond motifs is 3. The lowest BCUT2D eigenvalue weighted by Gasteiger charge is -2.60. The fraction of sp³-hybridized carbons (Fsp3) is 0.576. The van der Waals surface area contributed by atoms with Gasteiger partial charge >= 0.3 is 23.9 Å². The first-order valence-corrected chi connectivity index (χ1v) is 14.4. The molecule has 42 heavy (non-hydrogen) atoms. The number of ether oxygens (including phenoxy) is 4. The van der Waals surface area contributed by atoms with Crippen molar-refractivity contribution in [2.24, 2.45) is 22.7 Å². The summed E-state index contributed by atoms with van der Waals surface area (Å²) < 4.78 is 24.3. The Bertz CT molecular complexity index is 1300. The Balaban J connectivity index is 2.00. The second-order valence-electron chi connectivity index (χ2n) is 12.7. The van der Waals surface area contributed by atoms with Crippen LogP contribution in [0.5, 0.6) is 0 Å². The van der Waals surface area contributed by atoms with E-state index in [4.69, 9.17) is 18.9 Å². The largest absolute Gasteiger partial charge is 0.462 e. The summed E-state index contributed by atoms with van der Waals surface area (Å²) >= 11 is 0. The minimum absolute atomic E-state index is 0.305. The van der Waals surface area contributed by atoms with E-state index in [2.05, 4.69) is 6.58 Å². The van der Waals surface area contributed by atoms with Gasteiger partial charge < -0.3 is 24.1 Å². The third kappa shape index (κ3) is 5.63. The Morgan fingerprint density at radius 3 is 2.07 bits per heavy atom. The Morgan fingerprint density at radius 1 is 0.905 bits per heavy atom. The molecule has 0 radical (unpaired) electrons. The molecule has 0 unspecified atom stereocenters. The molecule has 9 nitrogen and oxygen atoms in total. The van der Waals surface area contributed by atoms with Gasteiger partial charge in [-0.3, -0.25) is 14.4 Å². The van der Waals surface area contributed by atoms with Crippen LogP contribution in [-0.4, -0.2) is 59.5 Å². The maximum atomic E-state index is 13.3. The van der Waals surface area contributed by atoms with Gasteiger partial charge in [0, 0.05) is 38.0 Å². The van der Waals surface area contributed by atoms with Crippen LogP contribution in [-0.2, 0) is 33.3 Å². The van der Waals surface area contributed by atoms with Crippen molar-refractivity contribution in [3.63, 3.8) is 0 Å². The third-order valence-electron chi connectivity index (χ3n) is 9.57. The molecule has 0 aliphatic heterocycles. The standard InChI is InChI=1S/C33H42O9/c1-17-24(37)14-15-33(8)27(17)28(39-19(3)34)23-16-25(42-31(38)22-12-10-9-11-13-22)18(2)26(32(23,6)7)29(40-20(4)35)30(33)41-21(5)36/h9-13,23-25,27-30,37H,1,14-16H2,2-8H3/t23-,24-,25-,27-,28+,29+,30-,33+/m0/s1. The van der Waals surface area contributed by atoms with E-state index in [0.29, 0.717) is 41.5 Å². The number of rotatable bonds is 5. The SMILES string of the molecule is C=C1[C@@H](O)CC[C@@]2(C)[C@@H](OC(C)=O)[C@H](OC(C)=O)C3=C(C)[C@@H](OC(=O)c4ccccc4)C[C@@H]([C@@H](OC(C)=O)[C@H]12)C3(C)C. The van der Waals surface area contributed by atoms with Crippen LogP contribution in [0.3, 0.4) is 0 Å². The predicted octanol–water partition coefficient (Wildman–Crippen LogP) is 4.72. The Morgan fingerprint density at radius 2 is 1.50 bits per heavy atom. The number of aliphatic hydroxyl groups excluding tert-OH is 1. The predicted molar refractivity (Wildman–Crippen MR) is 153 cm³/mol. The molecule has 2 bridgehead atoms. The average molecular weight is 583 g/mol. The minimum atomic E-state index is -1.03. The van der Waals surface area contributed by atoms with Crippen molar-refractivity contribution in [3.8, 4) is 0 Å². The Labute approximate surface area is 247 Å². The quantitative estimate of drug-likeness (QED) is 0.298. The highest BCUT2D eigenvalue weighted by atomic mass is 16.6. The summed E-state index contributed by atoms with van der Waals surface area (Å²) in [5.41, 5.74) is 0.444. The smallest absolute Gasteiger partial charge is 0.338 e. The van der Waals surface area contributed by atoms with Crippen LogP contribution < -0.4 is 0 Å². The summed E-state index contributed by atoms with van der Waals surface area (Å²) in [4.78, 5) is 51.2. The van der Waals surface area contributed by atoms with Gasteiger partial charge in [-0.25, -0.2) is 4.79 Å². The zero-order valence-electron chi connectivity index (χ0n) is 25.5. The first-order valence-electron chi connectivity index (χ1n) is 14.4. The molecule has 1 aromatic rings. The van der Waals surface area contributed by atoms with E-state index in [9.17, 15) is 24.3 Å². The lowest BCUT2D eigenvalue weighted by atomic mass is 9.49. The fourth-order valence-corrected chi connectivity index (χ4v) is 7.70. The van der Waals surface area contributed by atoms with Crippen LogP contribution in [0.15, 0.2) is 53.6 Å². The molecule has 0 aromatic heterocycles. The summed E-state index contributed by atoms with van der Waals surface area (Å²) in [6.07, 6.45) is -3.46. The van der Waals surface area contributed by atoms with Crippen molar-refractivity contribution in [1.29, 1.82) is 0 Å². The van der Waals surface area contributed by atoms with Gasteiger partial charge in [-0.15, -0.1) is 0 Å². The molecule has 228 valence electrons. The molecule has 3 aliphatic rings. The van der Waals surface area contributed by atoms with Gasteiger partial charge in [0.1, 0.15) is 18.3 Å². The number of aliphatic hydroxyl groups is 1. The molecule has 8 atom stereocenters. The van der Waals surface area contributed by atoms with Crippen molar-refractivity contribution in [2.75, 3.05) is 0 Å². The minimum Gasteiger partial charge on any atom is -0.462 e. The van der Waals surface area contributed by atoms with E-state index in [1.165, 1.54) is 20.8 Å². The number of esters is 4. The molecule has 0 spiro atoms. The van der Waals surface area contributed by atoms with Crippen molar-refractivity contribution in [3.05, 3.63) is 59.2 Å². The van der Waals surface area contributed by atoms with E-state index in [1.54, 1.807) is 30.3 Å². The molecule has 2 saturated carbocycles. The van der Waals surface area contributed by atoms with Gasteiger partial charge in [-0.1, -0.05) is 45.5 Å². The molecule has 2 fully saturated rings. The molecule has 9 heteroatoms. The topological polar surface area (TPSA) is 125 Å². The van der Waals surface area contributed by atoms with Gasteiger partial charge in [0.25, 0.3) is 0 Å². The molecule has 0 amide bonds. The van der Waals surface area contributed by atoms with Crippen LogP contribution in [0.25, 0.3) is 0 Å². The number of benzene rings is 1. The number of carbonyl (C=O) groups is 4. The summed E-state index contributed by atoms with van der Waals surface area (Å²) in [6, 6.07) is 8.61. The fourth-order valence-electron chi connectivity index (χ4n) is 7.70. The zero-order chi connectivity index (χ0) is 31.1. The Hall–Kier alpha value is -3.46.